The number of benzodiazepines with no additional fused rings is 1. The quantitative estimate of drug-likeness (QED) is 0.401. The number of halogens is 5. The molecule has 1 aliphatic carbocycles. The van der Waals surface area contributed by atoms with Crippen molar-refractivity contribution in [2.24, 2.45) is 22.7 Å². The Morgan fingerprint density at radius 2 is 1.73 bits per heavy atom. The van der Waals surface area contributed by atoms with Gasteiger partial charge in [-0.05, 0) is 37.0 Å². The molecule has 194 valence electrons. The summed E-state index contributed by atoms with van der Waals surface area (Å²) >= 11 is 6.14. The van der Waals surface area contributed by atoms with Gasteiger partial charge in [-0.25, -0.2) is 14.3 Å². The fourth-order valence-electron chi connectivity index (χ4n) is 5.00. The summed E-state index contributed by atoms with van der Waals surface area (Å²) in [5.41, 5.74) is 0.540. The number of likely N-dealkylation sites (tertiary alicyclic amines) is 1. The first-order valence-corrected chi connectivity index (χ1v) is 12.3. The molecule has 1 saturated heterocycles. The number of carbonyl (C=O) groups excluding carboxylic acids is 3. The van der Waals surface area contributed by atoms with Crippen LogP contribution in [0, 0.1) is 23.6 Å². The number of nitrogens with zero attached hydrogens (tertiary/aromatic N) is 2. The van der Waals surface area contributed by atoms with E-state index in [1.54, 1.807) is 18.2 Å². The second-order valence-corrected chi connectivity index (χ2v) is 10.0. The van der Waals surface area contributed by atoms with Gasteiger partial charge in [0.15, 0.2) is 0 Å². The molecule has 3 atom stereocenters. The summed E-state index contributed by atoms with van der Waals surface area (Å²) in [7, 11) is 0. The zero-order valence-electron chi connectivity index (χ0n) is 19.4. The fraction of sp³-hybridized carbons (Fsp3) is 0.385. The molecule has 2 heterocycles. The number of rotatable bonds is 6. The van der Waals surface area contributed by atoms with Gasteiger partial charge in [0, 0.05) is 22.6 Å². The Hall–Kier alpha value is -3.27. The molecule has 0 aromatic heterocycles. The highest BCUT2D eigenvalue weighted by Crippen LogP contribution is 2.44. The lowest BCUT2D eigenvalue weighted by molar-refractivity contribution is -0.147. The Balaban J connectivity index is 1.58. The van der Waals surface area contributed by atoms with Gasteiger partial charge in [0.1, 0.15) is 5.82 Å². The number of alkyl halides is 3. The summed E-state index contributed by atoms with van der Waals surface area (Å²) in [4.78, 5) is 45.3. The monoisotopic (exact) mass is 535 g/mol. The number of anilines is 1. The van der Waals surface area contributed by atoms with Gasteiger partial charge in [0.25, 0.3) is 5.91 Å². The number of hydrogen-bond donors (Lipinski definition) is 1. The van der Waals surface area contributed by atoms with Crippen LogP contribution in [0.2, 0.25) is 5.02 Å². The third-order valence-electron chi connectivity index (χ3n) is 6.96. The predicted octanol–water partition coefficient (Wildman–Crippen LogP) is 5.34. The minimum Gasteiger partial charge on any atom is -0.319 e. The maximum atomic E-state index is 14.8. The maximum absolute atomic E-state index is 14.8. The number of nitrogens with one attached hydrogen (secondary N) is 1. The van der Waals surface area contributed by atoms with E-state index in [0.717, 1.165) is 18.9 Å². The summed E-state index contributed by atoms with van der Waals surface area (Å²) in [6, 6.07) is 10.5. The SMILES string of the molecule is O=C1Nc2c(F)cccc2C(c2cccc(Cl)c2)=N[C@H]1N1C(=O)[C@@H](CC2CC2)[C@@H](CCC(F)(F)F)C1=O. The lowest BCUT2D eigenvalue weighted by Gasteiger charge is -2.22. The van der Waals surface area contributed by atoms with Crippen molar-refractivity contribution in [2.45, 2.75) is 44.4 Å². The molecular weight excluding hydrogens is 514 g/mol. The lowest BCUT2D eigenvalue weighted by atomic mass is 9.86. The number of hydrogen-bond acceptors (Lipinski definition) is 4. The van der Waals surface area contributed by atoms with E-state index in [9.17, 15) is 31.9 Å². The van der Waals surface area contributed by atoms with E-state index in [-0.39, 0.29) is 29.3 Å². The van der Waals surface area contributed by atoms with Gasteiger partial charge in [-0.1, -0.05) is 48.7 Å². The molecule has 2 aromatic carbocycles. The van der Waals surface area contributed by atoms with E-state index in [2.05, 4.69) is 10.3 Å². The van der Waals surface area contributed by atoms with Crippen molar-refractivity contribution in [2.75, 3.05) is 5.32 Å². The molecule has 1 N–H and O–H groups in total. The molecular formula is C26H22ClF4N3O3. The first-order chi connectivity index (χ1) is 17.5. The van der Waals surface area contributed by atoms with Crippen molar-refractivity contribution >= 4 is 40.7 Å². The van der Waals surface area contributed by atoms with Crippen molar-refractivity contribution in [3.05, 3.63) is 64.4 Å². The molecule has 3 aliphatic rings. The van der Waals surface area contributed by atoms with E-state index in [1.165, 1.54) is 18.2 Å². The number of para-hydroxylation sites is 1. The molecule has 2 aliphatic heterocycles. The third-order valence-corrected chi connectivity index (χ3v) is 7.20. The molecule has 11 heteroatoms. The van der Waals surface area contributed by atoms with Crippen molar-refractivity contribution in [3.8, 4) is 0 Å². The number of fused-ring (bicyclic) bond motifs is 1. The van der Waals surface area contributed by atoms with E-state index in [0.29, 0.717) is 15.5 Å². The van der Waals surface area contributed by atoms with E-state index in [4.69, 9.17) is 11.6 Å². The highest BCUT2D eigenvalue weighted by molar-refractivity contribution is 6.31. The topological polar surface area (TPSA) is 78.8 Å². The Morgan fingerprint density at radius 3 is 2.41 bits per heavy atom. The number of carbonyl (C=O) groups is 3. The number of benzene rings is 2. The molecule has 37 heavy (non-hydrogen) atoms. The highest BCUT2D eigenvalue weighted by Gasteiger charge is 2.53. The van der Waals surface area contributed by atoms with Gasteiger partial charge < -0.3 is 5.32 Å². The molecule has 0 bridgehead atoms. The Bertz CT molecular complexity index is 1310. The molecule has 0 unspecified atom stereocenters. The van der Waals surface area contributed by atoms with Crippen LogP contribution in [0.5, 0.6) is 0 Å². The van der Waals surface area contributed by atoms with Crippen LogP contribution in [0.4, 0.5) is 23.2 Å². The second-order valence-electron chi connectivity index (χ2n) is 9.61. The van der Waals surface area contributed by atoms with Crippen LogP contribution in [0.25, 0.3) is 0 Å². The van der Waals surface area contributed by atoms with Crippen molar-refractivity contribution in [1.82, 2.24) is 4.90 Å². The molecule has 5 rings (SSSR count). The number of amides is 3. The zero-order chi connectivity index (χ0) is 26.5. The standard InChI is InChI=1S/C26H22ClF4N3O3/c27-15-4-1-3-14(12-15)20-17-5-2-6-19(28)21(17)33-23(35)22(32-20)34-24(36)16(9-10-26(29,30)31)18(25(34)37)11-13-7-8-13/h1-6,12-13,16,18,22H,7-11H2,(H,33,35)/t16-,18+,22+/m1/s1. The zero-order valence-corrected chi connectivity index (χ0v) is 20.2. The highest BCUT2D eigenvalue weighted by atomic mass is 35.5. The van der Waals surface area contributed by atoms with Crippen LogP contribution in [0.1, 0.15) is 43.2 Å². The maximum Gasteiger partial charge on any atom is 0.389 e. The summed E-state index contributed by atoms with van der Waals surface area (Å²) in [6.45, 7) is 0. The second kappa shape index (κ2) is 9.55. The average molecular weight is 536 g/mol. The van der Waals surface area contributed by atoms with E-state index >= 15 is 0 Å². The Morgan fingerprint density at radius 1 is 1.03 bits per heavy atom. The van der Waals surface area contributed by atoms with Crippen LogP contribution >= 0.6 is 11.6 Å². The van der Waals surface area contributed by atoms with Gasteiger partial charge >= 0.3 is 6.18 Å². The fourth-order valence-corrected chi connectivity index (χ4v) is 5.19. The average Bonchev–Trinajstić information content (AvgIpc) is 3.63. The normalized spacial score (nSPS) is 24.0. The minimum absolute atomic E-state index is 0.110. The van der Waals surface area contributed by atoms with E-state index in [1.807, 2.05) is 0 Å². The third kappa shape index (κ3) is 5.12. The van der Waals surface area contributed by atoms with Gasteiger partial charge in [-0.3, -0.25) is 14.4 Å². The van der Waals surface area contributed by atoms with E-state index < -0.39 is 60.6 Å². The molecule has 0 spiro atoms. The minimum atomic E-state index is -4.50. The van der Waals surface area contributed by atoms with Crippen LogP contribution in [0.3, 0.4) is 0 Å². The van der Waals surface area contributed by atoms with Crippen LogP contribution in [-0.4, -0.2) is 40.7 Å². The Labute approximate surface area is 214 Å². The van der Waals surface area contributed by atoms with Crippen molar-refractivity contribution in [3.63, 3.8) is 0 Å². The van der Waals surface area contributed by atoms with Gasteiger partial charge in [0.05, 0.1) is 23.2 Å². The predicted molar refractivity (Wildman–Crippen MR) is 127 cm³/mol. The first-order valence-electron chi connectivity index (χ1n) is 11.9. The smallest absolute Gasteiger partial charge is 0.319 e. The summed E-state index contributed by atoms with van der Waals surface area (Å²) in [6.07, 6.45) is -6.07. The van der Waals surface area contributed by atoms with Gasteiger partial charge in [-0.2, -0.15) is 13.2 Å². The number of imide groups is 1. The molecule has 6 nitrogen and oxygen atoms in total. The van der Waals surface area contributed by atoms with Crippen LogP contribution < -0.4 is 5.32 Å². The Kier molecular flexibility index (Phi) is 6.55. The van der Waals surface area contributed by atoms with Crippen LogP contribution in [-0.2, 0) is 14.4 Å². The molecule has 3 amide bonds. The molecule has 1 saturated carbocycles. The number of aliphatic imine (C=N–C) groups is 1. The first kappa shape index (κ1) is 25.4. The van der Waals surface area contributed by atoms with Gasteiger partial charge in [0.2, 0.25) is 18.0 Å². The molecule has 0 radical (unpaired) electrons. The lowest BCUT2D eigenvalue weighted by Crippen LogP contribution is -2.46. The summed E-state index contributed by atoms with van der Waals surface area (Å²) in [5, 5.41) is 2.76. The summed E-state index contributed by atoms with van der Waals surface area (Å²) < 4.78 is 53.9. The van der Waals surface area contributed by atoms with Crippen molar-refractivity contribution in [1.29, 1.82) is 0 Å². The largest absolute Gasteiger partial charge is 0.389 e. The van der Waals surface area contributed by atoms with Crippen molar-refractivity contribution < 1.29 is 31.9 Å². The molecule has 2 aromatic rings. The van der Waals surface area contributed by atoms with Crippen LogP contribution in [0.15, 0.2) is 47.5 Å². The molecule has 2 fully saturated rings. The van der Waals surface area contributed by atoms with Gasteiger partial charge in [-0.15, -0.1) is 0 Å². The summed E-state index contributed by atoms with van der Waals surface area (Å²) in [5.74, 6) is -5.33.